The normalized spacial score (nSPS) is 26.7. The van der Waals surface area contributed by atoms with Gasteiger partial charge in [0.1, 0.15) is 6.04 Å². The van der Waals surface area contributed by atoms with Crippen molar-refractivity contribution in [1.29, 1.82) is 0 Å². The van der Waals surface area contributed by atoms with Gasteiger partial charge in [0.2, 0.25) is 5.91 Å². The summed E-state index contributed by atoms with van der Waals surface area (Å²) in [5.74, 6) is -0.147. The third-order valence-corrected chi connectivity index (χ3v) is 4.13. The highest BCUT2D eigenvalue weighted by Crippen LogP contribution is 2.23. The van der Waals surface area contributed by atoms with Crippen LogP contribution < -0.4 is 10.6 Å². The van der Waals surface area contributed by atoms with E-state index >= 15 is 0 Å². The third kappa shape index (κ3) is 2.92. The molecular formula is C13H18ClN3O2. The van der Waals surface area contributed by atoms with E-state index in [0.717, 1.165) is 17.6 Å². The number of urea groups is 1. The number of hydrogen-bond donors (Lipinski definition) is 2. The van der Waals surface area contributed by atoms with Crippen molar-refractivity contribution >= 4 is 23.5 Å². The Morgan fingerprint density at radius 1 is 1.63 bits per heavy atom. The Bertz CT molecular complexity index is 459. The topological polar surface area (TPSA) is 61.4 Å². The van der Waals surface area contributed by atoms with E-state index in [1.165, 1.54) is 4.90 Å². The SMILES string of the molecule is CC1=C(CNC(=O)C2CNC(=O)N2C)C=CCC1Cl. The highest BCUT2D eigenvalue weighted by Gasteiger charge is 2.32. The Balaban J connectivity index is 1.92. The molecule has 1 fully saturated rings. The number of alkyl halides is 1. The predicted octanol–water partition coefficient (Wildman–Crippen LogP) is 1.01. The number of carbonyl (C=O) groups is 2. The van der Waals surface area contributed by atoms with Crippen molar-refractivity contribution in [3.05, 3.63) is 23.3 Å². The number of carbonyl (C=O) groups excluding carboxylic acids is 2. The second-order valence-corrected chi connectivity index (χ2v) is 5.37. The van der Waals surface area contributed by atoms with Crippen LogP contribution >= 0.6 is 11.6 Å². The minimum atomic E-state index is -0.437. The van der Waals surface area contributed by atoms with E-state index < -0.39 is 6.04 Å². The molecule has 0 aromatic rings. The molecule has 19 heavy (non-hydrogen) atoms. The molecule has 2 unspecified atom stereocenters. The number of allylic oxidation sites excluding steroid dienone is 2. The van der Waals surface area contributed by atoms with Gasteiger partial charge in [-0.15, -0.1) is 11.6 Å². The number of hydrogen-bond acceptors (Lipinski definition) is 2. The lowest BCUT2D eigenvalue weighted by molar-refractivity contribution is -0.124. The summed E-state index contributed by atoms with van der Waals surface area (Å²) < 4.78 is 0. The summed E-state index contributed by atoms with van der Waals surface area (Å²) in [6.45, 7) is 2.78. The molecule has 0 aromatic heterocycles. The molecule has 1 aliphatic heterocycles. The molecule has 2 rings (SSSR count). The van der Waals surface area contributed by atoms with Crippen molar-refractivity contribution in [1.82, 2.24) is 15.5 Å². The monoisotopic (exact) mass is 283 g/mol. The summed E-state index contributed by atoms with van der Waals surface area (Å²) in [4.78, 5) is 24.7. The summed E-state index contributed by atoms with van der Waals surface area (Å²) in [7, 11) is 1.62. The zero-order chi connectivity index (χ0) is 14.0. The van der Waals surface area contributed by atoms with Crippen molar-refractivity contribution in [3.8, 4) is 0 Å². The minimum absolute atomic E-state index is 0.00861. The maximum atomic E-state index is 12.0. The zero-order valence-electron chi connectivity index (χ0n) is 11.1. The van der Waals surface area contributed by atoms with Crippen LogP contribution in [0.3, 0.4) is 0 Å². The van der Waals surface area contributed by atoms with Gasteiger partial charge in [0.15, 0.2) is 0 Å². The van der Waals surface area contributed by atoms with Crippen molar-refractivity contribution in [2.75, 3.05) is 20.1 Å². The Kier molecular flexibility index (Phi) is 4.14. The average Bonchev–Trinajstić information content (AvgIpc) is 2.72. The van der Waals surface area contributed by atoms with Gasteiger partial charge in [0, 0.05) is 20.1 Å². The lowest BCUT2D eigenvalue weighted by Gasteiger charge is -2.20. The first-order valence-electron chi connectivity index (χ1n) is 6.29. The van der Waals surface area contributed by atoms with Crippen LogP contribution in [0.5, 0.6) is 0 Å². The third-order valence-electron chi connectivity index (χ3n) is 3.63. The molecule has 2 aliphatic rings. The van der Waals surface area contributed by atoms with Crippen molar-refractivity contribution in [2.45, 2.75) is 24.8 Å². The van der Waals surface area contributed by atoms with E-state index in [1.54, 1.807) is 7.05 Å². The number of nitrogens with one attached hydrogen (secondary N) is 2. The molecule has 0 bridgehead atoms. The first-order valence-corrected chi connectivity index (χ1v) is 6.73. The van der Waals surface area contributed by atoms with E-state index in [9.17, 15) is 9.59 Å². The predicted molar refractivity (Wildman–Crippen MR) is 74.1 cm³/mol. The van der Waals surface area contributed by atoms with E-state index in [1.807, 2.05) is 19.1 Å². The number of nitrogens with zero attached hydrogens (tertiary/aromatic N) is 1. The first-order chi connectivity index (χ1) is 9.00. The maximum absolute atomic E-state index is 12.0. The lowest BCUT2D eigenvalue weighted by atomic mass is 9.98. The second kappa shape index (κ2) is 5.65. The quantitative estimate of drug-likeness (QED) is 0.760. The number of amides is 3. The highest BCUT2D eigenvalue weighted by molar-refractivity contribution is 6.22. The molecule has 5 nitrogen and oxygen atoms in total. The fraction of sp³-hybridized carbons (Fsp3) is 0.538. The van der Waals surface area contributed by atoms with Crippen LogP contribution in [0.2, 0.25) is 0 Å². The van der Waals surface area contributed by atoms with Crippen molar-refractivity contribution in [3.63, 3.8) is 0 Å². The Labute approximate surface area is 117 Å². The Hall–Kier alpha value is -1.49. The molecule has 104 valence electrons. The number of likely N-dealkylation sites (N-methyl/N-ethyl adjacent to an activating group) is 1. The Morgan fingerprint density at radius 2 is 2.37 bits per heavy atom. The van der Waals surface area contributed by atoms with E-state index in [2.05, 4.69) is 10.6 Å². The molecule has 6 heteroatoms. The molecule has 1 aliphatic carbocycles. The van der Waals surface area contributed by atoms with Gasteiger partial charge in [0.05, 0.1) is 5.38 Å². The fourth-order valence-corrected chi connectivity index (χ4v) is 2.44. The standard InChI is InChI=1S/C13H18ClN3O2/c1-8-9(4-3-5-10(8)14)6-15-12(18)11-7-16-13(19)17(11)2/h3-4,10-11H,5-7H2,1-2H3,(H,15,18)(H,16,19). The van der Waals surface area contributed by atoms with Gasteiger partial charge >= 0.3 is 6.03 Å². The van der Waals surface area contributed by atoms with Crippen LogP contribution in [0.25, 0.3) is 0 Å². The van der Waals surface area contributed by atoms with E-state index in [0.29, 0.717) is 13.1 Å². The number of rotatable bonds is 3. The maximum Gasteiger partial charge on any atom is 0.317 e. The molecule has 0 saturated carbocycles. The minimum Gasteiger partial charge on any atom is -0.350 e. The number of halogens is 1. The van der Waals surface area contributed by atoms with E-state index in [4.69, 9.17) is 11.6 Å². The van der Waals surface area contributed by atoms with Gasteiger partial charge in [-0.25, -0.2) is 4.79 Å². The Morgan fingerprint density at radius 3 is 3.00 bits per heavy atom. The smallest absolute Gasteiger partial charge is 0.317 e. The summed E-state index contributed by atoms with van der Waals surface area (Å²) in [5, 5.41) is 5.50. The van der Waals surface area contributed by atoms with Gasteiger partial charge in [-0.3, -0.25) is 4.79 Å². The average molecular weight is 284 g/mol. The molecule has 1 heterocycles. The molecule has 0 spiro atoms. The van der Waals surface area contributed by atoms with Crippen molar-refractivity contribution in [2.24, 2.45) is 0 Å². The molecule has 2 atom stereocenters. The lowest BCUT2D eigenvalue weighted by Crippen LogP contribution is -2.44. The van der Waals surface area contributed by atoms with Gasteiger partial charge in [-0.05, 0) is 18.9 Å². The van der Waals surface area contributed by atoms with E-state index in [-0.39, 0.29) is 17.3 Å². The van der Waals surface area contributed by atoms with Crippen LogP contribution in [-0.2, 0) is 4.79 Å². The van der Waals surface area contributed by atoms with Gasteiger partial charge in [-0.2, -0.15) is 0 Å². The van der Waals surface area contributed by atoms with Crippen LogP contribution in [0.1, 0.15) is 13.3 Å². The second-order valence-electron chi connectivity index (χ2n) is 4.84. The van der Waals surface area contributed by atoms with Crippen LogP contribution in [0.15, 0.2) is 23.3 Å². The summed E-state index contributed by atoms with van der Waals surface area (Å²) >= 11 is 6.16. The molecule has 0 aromatic carbocycles. The van der Waals surface area contributed by atoms with Gasteiger partial charge < -0.3 is 15.5 Å². The van der Waals surface area contributed by atoms with Crippen molar-refractivity contribution < 1.29 is 9.59 Å². The molecule has 0 radical (unpaired) electrons. The largest absolute Gasteiger partial charge is 0.350 e. The van der Waals surface area contributed by atoms with Crippen LogP contribution in [0, 0.1) is 0 Å². The van der Waals surface area contributed by atoms with Crippen LogP contribution in [0.4, 0.5) is 4.79 Å². The molecule has 1 saturated heterocycles. The fourth-order valence-electron chi connectivity index (χ4n) is 2.19. The van der Waals surface area contributed by atoms with Crippen LogP contribution in [-0.4, -0.2) is 48.4 Å². The summed E-state index contributed by atoms with van der Waals surface area (Å²) in [6.07, 6.45) is 4.84. The van der Waals surface area contributed by atoms with Gasteiger partial charge in [0.25, 0.3) is 0 Å². The highest BCUT2D eigenvalue weighted by atomic mass is 35.5. The first kappa shape index (κ1) is 13.9. The summed E-state index contributed by atoms with van der Waals surface area (Å²) in [6, 6.07) is -0.651. The molecule has 3 amide bonds. The molecule has 2 N–H and O–H groups in total. The zero-order valence-corrected chi connectivity index (χ0v) is 11.8. The van der Waals surface area contributed by atoms with Gasteiger partial charge in [-0.1, -0.05) is 17.7 Å². The molecular weight excluding hydrogens is 266 g/mol. The summed E-state index contributed by atoms with van der Waals surface area (Å²) in [5.41, 5.74) is 2.14.